The number of hydrogen-bond acceptors (Lipinski definition) is 3. The highest BCUT2D eigenvalue weighted by Gasteiger charge is 2.45. The summed E-state index contributed by atoms with van der Waals surface area (Å²) in [5.41, 5.74) is 1.62. The molecule has 0 spiro atoms. The van der Waals surface area contributed by atoms with Gasteiger partial charge in [0, 0.05) is 35.9 Å². The van der Waals surface area contributed by atoms with Gasteiger partial charge in [0.25, 0.3) is 0 Å². The summed E-state index contributed by atoms with van der Waals surface area (Å²) in [6.45, 7) is 6.10. The Morgan fingerprint density at radius 1 is 1.42 bits per heavy atom. The van der Waals surface area contributed by atoms with Crippen molar-refractivity contribution in [2.24, 2.45) is 11.8 Å². The summed E-state index contributed by atoms with van der Waals surface area (Å²) < 4.78 is 5.33. The molecule has 2 aromatic rings. The van der Waals surface area contributed by atoms with Crippen molar-refractivity contribution in [1.82, 2.24) is 4.98 Å². The number of fused-ring (bicyclic) bond motifs is 4. The van der Waals surface area contributed by atoms with Crippen molar-refractivity contribution in [3.8, 4) is 5.75 Å². The van der Waals surface area contributed by atoms with Gasteiger partial charge in [-0.05, 0) is 30.2 Å². The fraction of sp³-hybridized carbons (Fsp3) is 0.400. The largest absolute Gasteiger partial charge is 0.497 e. The molecule has 1 N–H and O–H groups in total. The molecule has 24 heavy (non-hydrogen) atoms. The average molecular weight is 323 g/mol. The van der Waals surface area contributed by atoms with Crippen LogP contribution in [0.25, 0.3) is 10.9 Å². The maximum atomic E-state index is 13.3. The molecule has 4 heterocycles. The van der Waals surface area contributed by atoms with Crippen LogP contribution < -0.4 is 9.64 Å². The van der Waals surface area contributed by atoms with Gasteiger partial charge in [0.05, 0.1) is 25.7 Å². The van der Waals surface area contributed by atoms with E-state index in [0.29, 0.717) is 11.8 Å². The molecule has 0 amide bonds. The van der Waals surface area contributed by atoms with Gasteiger partial charge in [0.2, 0.25) is 5.78 Å². The van der Waals surface area contributed by atoms with Crippen LogP contribution in [0.2, 0.25) is 0 Å². The number of methoxy groups -OCH3 is 1. The van der Waals surface area contributed by atoms with E-state index in [0.717, 1.165) is 41.7 Å². The minimum Gasteiger partial charge on any atom is -0.497 e. The van der Waals surface area contributed by atoms with Gasteiger partial charge in [-0.2, -0.15) is 0 Å². The molecule has 3 saturated heterocycles. The highest BCUT2D eigenvalue weighted by Crippen LogP contribution is 2.30. The zero-order chi connectivity index (χ0) is 16.7. The maximum absolute atomic E-state index is 13.3. The number of hydrogen-bond donors (Lipinski definition) is 1. The van der Waals surface area contributed by atoms with Gasteiger partial charge in [-0.25, -0.2) is 0 Å². The lowest BCUT2D eigenvalue weighted by atomic mass is 9.74. The number of nitrogens with zero attached hydrogens (tertiary/aromatic N) is 1. The minimum absolute atomic E-state index is 0.0664. The smallest absolute Gasteiger partial charge is 0.220 e. The molecule has 0 aliphatic carbocycles. The number of benzene rings is 1. The normalized spacial score (nSPS) is 28.7. The van der Waals surface area contributed by atoms with Crippen molar-refractivity contribution < 1.29 is 14.4 Å². The van der Waals surface area contributed by atoms with Crippen molar-refractivity contribution >= 4 is 16.7 Å². The first-order valence-electron chi connectivity index (χ1n) is 8.65. The highest BCUT2D eigenvalue weighted by molar-refractivity contribution is 6.09. The van der Waals surface area contributed by atoms with Crippen LogP contribution in [-0.4, -0.2) is 37.0 Å². The lowest BCUT2D eigenvalue weighted by Crippen LogP contribution is -3.20. The number of carbonyl (C=O) groups excluding carboxylic acids is 1. The first kappa shape index (κ1) is 15.3. The molecule has 4 atom stereocenters. The molecular formula is C20H23N2O2+. The zero-order valence-corrected chi connectivity index (χ0v) is 14.0. The fourth-order valence-electron chi connectivity index (χ4n) is 4.46. The number of ether oxygens (including phenoxy) is 1. The lowest BCUT2D eigenvalue weighted by molar-refractivity contribution is -0.935. The Hall–Kier alpha value is -2.20. The monoisotopic (exact) mass is 323 g/mol. The molecule has 124 valence electrons. The Labute approximate surface area is 142 Å². The van der Waals surface area contributed by atoms with Gasteiger partial charge in [-0.1, -0.05) is 6.08 Å². The molecule has 1 aromatic heterocycles. The van der Waals surface area contributed by atoms with Gasteiger partial charge in [-0.15, -0.1) is 6.58 Å². The van der Waals surface area contributed by atoms with Crippen LogP contribution in [-0.2, 0) is 0 Å². The first-order chi connectivity index (χ1) is 11.7. The van der Waals surface area contributed by atoms with Gasteiger partial charge in [-0.3, -0.25) is 9.78 Å². The van der Waals surface area contributed by atoms with Crippen LogP contribution in [0.15, 0.2) is 43.1 Å². The molecule has 3 aliphatic rings. The van der Waals surface area contributed by atoms with Crippen molar-refractivity contribution in [2.45, 2.75) is 18.9 Å². The predicted octanol–water partition coefficient (Wildman–Crippen LogP) is 1.91. The number of nitrogens with one attached hydrogen (secondary N) is 1. The summed E-state index contributed by atoms with van der Waals surface area (Å²) in [6, 6.07) is 7.65. The summed E-state index contributed by atoms with van der Waals surface area (Å²) in [5.74, 6) is 2.18. The molecule has 5 rings (SSSR count). The maximum Gasteiger partial charge on any atom is 0.220 e. The number of aromatic nitrogens is 1. The second-order valence-corrected chi connectivity index (χ2v) is 6.95. The van der Waals surface area contributed by atoms with Crippen LogP contribution >= 0.6 is 0 Å². The van der Waals surface area contributed by atoms with Crippen molar-refractivity contribution in [3.05, 3.63) is 48.7 Å². The Morgan fingerprint density at radius 3 is 3.00 bits per heavy atom. The van der Waals surface area contributed by atoms with E-state index >= 15 is 0 Å². The SMILES string of the molecule is C=C[C@H]1C[NH+]2CC[C@@H]1C[C@H]2C(=O)c1ccnc2ccc(OC)cc12. The molecule has 0 radical (unpaired) electrons. The molecule has 1 aromatic carbocycles. The molecule has 1 unspecified atom stereocenters. The van der Waals surface area contributed by atoms with E-state index in [1.165, 1.54) is 11.3 Å². The first-order valence-corrected chi connectivity index (χ1v) is 8.65. The van der Waals surface area contributed by atoms with Crippen LogP contribution in [0.4, 0.5) is 0 Å². The van der Waals surface area contributed by atoms with E-state index < -0.39 is 0 Å². The summed E-state index contributed by atoms with van der Waals surface area (Å²) in [5, 5.41) is 0.893. The summed E-state index contributed by atoms with van der Waals surface area (Å²) in [4.78, 5) is 19.1. The Kier molecular flexibility index (Phi) is 3.85. The quantitative estimate of drug-likeness (QED) is 0.690. The zero-order valence-electron chi connectivity index (χ0n) is 14.0. The molecule has 2 bridgehead atoms. The molecule has 0 saturated carbocycles. The topological polar surface area (TPSA) is 43.6 Å². The van der Waals surface area contributed by atoms with Crippen molar-refractivity contribution in [3.63, 3.8) is 0 Å². The predicted molar refractivity (Wildman–Crippen MR) is 93.5 cm³/mol. The second-order valence-electron chi connectivity index (χ2n) is 6.95. The second kappa shape index (κ2) is 6.02. The van der Waals surface area contributed by atoms with Gasteiger partial charge < -0.3 is 9.64 Å². The number of piperidine rings is 3. The Balaban J connectivity index is 1.70. The minimum atomic E-state index is 0.0664. The van der Waals surface area contributed by atoms with E-state index in [1.54, 1.807) is 13.3 Å². The van der Waals surface area contributed by atoms with E-state index in [1.807, 2.05) is 24.3 Å². The van der Waals surface area contributed by atoms with Gasteiger partial charge >= 0.3 is 0 Å². The molecule has 3 fully saturated rings. The highest BCUT2D eigenvalue weighted by atomic mass is 16.5. The summed E-state index contributed by atoms with van der Waals surface area (Å²) in [6.07, 6.45) is 6.00. The van der Waals surface area contributed by atoms with Crippen LogP contribution in [0.3, 0.4) is 0 Å². The molecular weight excluding hydrogens is 300 g/mol. The van der Waals surface area contributed by atoms with Crippen molar-refractivity contribution in [1.29, 1.82) is 0 Å². The third-order valence-electron chi connectivity index (χ3n) is 5.80. The third kappa shape index (κ3) is 2.42. The third-order valence-corrected chi connectivity index (χ3v) is 5.80. The number of carbonyl (C=O) groups is 1. The summed E-state index contributed by atoms with van der Waals surface area (Å²) >= 11 is 0. The fourth-order valence-corrected chi connectivity index (χ4v) is 4.46. The van der Waals surface area contributed by atoms with Crippen LogP contribution in [0.1, 0.15) is 23.2 Å². The average Bonchev–Trinajstić information content (AvgIpc) is 2.66. The van der Waals surface area contributed by atoms with Crippen LogP contribution in [0, 0.1) is 11.8 Å². The molecule has 4 nitrogen and oxygen atoms in total. The van der Waals surface area contributed by atoms with E-state index in [2.05, 4.69) is 17.6 Å². The van der Waals surface area contributed by atoms with E-state index in [-0.39, 0.29) is 11.8 Å². The number of pyridine rings is 1. The number of quaternary nitrogens is 1. The Bertz CT molecular complexity index is 801. The number of rotatable bonds is 4. The van der Waals surface area contributed by atoms with Crippen molar-refractivity contribution in [2.75, 3.05) is 20.2 Å². The van der Waals surface area contributed by atoms with Crippen LogP contribution in [0.5, 0.6) is 5.75 Å². The Morgan fingerprint density at radius 2 is 2.29 bits per heavy atom. The molecule has 3 aliphatic heterocycles. The lowest BCUT2D eigenvalue weighted by Gasteiger charge is -2.45. The van der Waals surface area contributed by atoms with E-state index in [9.17, 15) is 4.79 Å². The van der Waals surface area contributed by atoms with E-state index in [4.69, 9.17) is 4.74 Å². The summed E-state index contributed by atoms with van der Waals surface area (Å²) in [7, 11) is 1.64. The van der Waals surface area contributed by atoms with Gasteiger partial charge in [0.1, 0.15) is 5.75 Å². The standard InChI is InChI=1S/C20H22N2O2/c1-3-13-12-22-9-7-14(13)10-19(22)20(23)16-6-8-21-18-5-4-15(24-2)11-17(16)18/h3-6,8,11,13-14,19H,1,7,9-10,12H2,2H3/p+1/t13-,14+,19-/m0/s1. The number of Topliss-reactive ketones (excluding diaryl/α,β-unsaturated/α-hetero) is 1. The van der Waals surface area contributed by atoms with Gasteiger partial charge in [0.15, 0.2) is 6.04 Å². The number of ketones is 1. The molecule has 4 heteroatoms.